The van der Waals surface area contributed by atoms with Gasteiger partial charge >= 0.3 is 0 Å². The van der Waals surface area contributed by atoms with Gasteiger partial charge in [0.25, 0.3) is 0 Å². The minimum Gasteiger partial charge on any atom is -0.382 e. The number of nitrogens with one attached hydrogen (secondary N) is 2. The highest BCUT2D eigenvalue weighted by atomic mass is 16.5. The molecule has 114 valence electrons. The molecule has 2 N–H and O–H groups in total. The Balaban J connectivity index is 1.64. The lowest BCUT2D eigenvalue weighted by atomic mass is 9.86. The minimum absolute atomic E-state index is 0.0303. The number of carbonyl (C=O) groups is 1. The van der Waals surface area contributed by atoms with Gasteiger partial charge in [-0.15, -0.1) is 0 Å². The zero-order valence-electron chi connectivity index (χ0n) is 12.6. The molecule has 0 aromatic heterocycles. The predicted octanol–water partition coefficient (Wildman–Crippen LogP) is 2.52. The van der Waals surface area contributed by atoms with E-state index in [0.29, 0.717) is 12.0 Å². The van der Waals surface area contributed by atoms with Crippen molar-refractivity contribution in [2.45, 2.75) is 38.1 Å². The van der Waals surface area contributed by atoms with Gasteiger partial charge in [0.15, 0.2) is 0 Å². The number of amides is 1. The number of ether oxygens (including phenoxy) is 1. The number of hydrogen-bond donors (Lipinski definition) is 2. The molecule has 2 aliphatic rings. The van der Waals surface area contributed by atoms with E-state index in [1.807, 2.05) is 12.1 Å². The smallest absolute Gasteiger partial charge is 0.227 e. The van der Waals surface area contributed by atoms with Gasteiger partial charge in [0, 0.05) is 31.5 Å². The molecule has 0 saturated carbocycles. The second kappa shape index (κ2) is 6.48. The van der Waals surface area contributed by atoms with E-state index in [2.05, 4.69) is 29.7 Å². The van der Waals surface area contributed by atoms with E-state index in [0.717, 1.165) is 50.3 Å². The van der Waals surface area contributed by atoms with Crippen LogP contribution in [0.3, 0.4) is 0 Å². The van der Waals surface area contributed by atoms with E-state index >= 15 is 0 Å². The Morgan fingerprint density at radius 3 is 2.90 bits per heavy atom. The van der Waals surface area contributed by atoms with Gasteiger partial charge in [-0.2, -0.15) is 0 Å². The highest BCUT2D eigenvalue weighted by molar-refractivity contribution is 5.86. The molecule has 2 aliphatic heterocycles. The topological polar surface area (TPSA) is 50.4 Å². The summed E-state index contributed by atoms with van der Waals surface area (Å²) in [7, 11) is 0. The lowest BCUT2D eigenvalue weighted by Crippen LogP contribution is -2.38. The fraction of sp³-hybridized carbons (Fsp3) is 0.588. The van der Waals surface area contributed by atoms with Crippen LogP contribution < -0.4 is 10.6 Å². The van der Waals surface area contributed by atoms with Gasteiger partial charge in [0.05, 0.1) is 5.92 Å². The lowest BCUT2D eigenvalue weighted by molar-refractivity contribution is -0.123. The van der Waals surface area contributed by atoms with Crippen LogP contribution in [0.4, 0.5) is 5.69 Å². The molecule has 0 bridgehead atoms. The van der Waals surface area contributed by atoms with Crippen LogP contribution >= 0.6 is 0 Å². The van der Waals surface area contributed by atoms with Crippen molar-refractivity contribution in [2.24, 2.45) is 5.92 Å². The fourth-order valence-electron chi connectivity index (χ4n) is 3.30. The van der Waals surface area contributed by atoms with Gasteiger partial charge in [-0.05, 0) is 43.7 Å². The zero-order chi connectivity index (χ0) is 14.7. The number of benzene rings is 1. The Morgan fingerprint density at radius 2 is 2.10 bits per heavy atom. The normalized spacial score (nSPS) is 25.8. The molecule has 4 heteroatoms. The van der Waals surface area contributed by atoms with Crippen LogP contribution in [0, 0.1) is 5.92 Å². The predicted molar refractivity (Wildman–Crippen MR) is 83.4 cm³/mol. The summed E-state index contributed by atoms with van der Waals surface area (Å²) >= 11 is 0. The lowest BCUT2D eigenvalue weighted by Gasteiger charge is -2.31. The SMILES string of the molecule is CC1CC(C(=O)NCC2CCOCC2)c2ccccc2N1. The molecule has 1 saturated heterocycles. The van der Waals surface area contributed by atoms with Crippen LogP contribution in [-0.4, -0.2) is 31.7 Å². The van der Waals surface area contributed by atoms with Gasteiger partial charge in [0.2, 0.25) is 5.91 Å². The Labute approximate surface area is 126 Å². The van der Waals surface area contributed by atoms with Gasteiger partial charge in [-0.1, -0.05) is 18.2 Å². The summed E-state index contributed by atoms with van der Waals surface area (Å²) in [5.41, 5.74) is 2.22. The molecule has 21 heavy (non-hydrogen) atoms. The third-order valence-corrected chi connectivity index (χ3v) is 4.55. The maximum atomic E-state index is 12.6. The van der Waals surface area contributed by atoms with Crippen molar-refractivity contribution < 1.29 is 9.53 Å². The molecule has 2 heterocycles. The zero-order valence-corrected chi connectivity index (χ0v) is 12.6. The third kappa shape index (κ3) is 3.38. The maximum Gasteiger partial charge on any atom is 0.227 e. The third-order valence-electron chi connectivity index (χ3n) is 4.55. The van der Waals surface area contributed by atoms with E-state index in [1.165, 1.54) is 0 Å². The Hall–Kier alpha value is -1.55. The van der Waals surface area contributed by atoms with Gasteiger partial charge in [-0.25, -0.2) is 0 Å². The first-order valence-electron chi connectivity index (χ1n) is 7.95. The quantitative estimate of drug-likeness (QED) is 0.898. The van der Waals surface area contributed by atoms with E-state index < -0.39 is 0 Å². The Bertz CT molecular complexity index is 497. The molecule has 0 spiro atoms. The minimum atomic E-state index is -0.0303. The van der Waals surface area contributed by atoms with Crippen molar-refractivity contribution >= 4 is 11.6 Å². The van der Waals surface area contributed by atoms with Crippen LogP contribution in [0.15, 0.2) is 24.3 Å². The average Bonchev–Trinajstić information content (AvgIpc) is 2.52. The van der Waals surface area contributed by atoms with E-state index in [1.54, 1.807) is 0 Å². The summed E-state index contributed by atoms with van der Waals surface area (Å²) in [6.45, 7) is 4.57. The monoisotopic (exact) mass is 288 g/mol. The fourth-order valence-corrected chi connectivity index (χ4v) is 3.30. The molecule has 0 radical (unpaired) electrons. The highest BCUT2D eigenvalue weighted by Gasteiger charge is 2.29. The number of hydrogen-bond acceptors (Lipinski definition) is 3. The summed E-state index contributed by atoms with van der Waals surface area (Å²) in [4.78, 5) is 12.6. The number of carbonyl (C=O) groups excluding carboxylic acids is 1. The molecular weight excluding hydrogens is 264 g/mol. The molecule has 4 nitrogen and oxygen atoms in total. The summed E-state index contributed by atoms with van der Waals surface area (Å²) < 4.78 is 5.36. The molecule has 1 aromatic carbocycles. The number of fused-ring (bicyclic) bond motifs is 1. The Kier molecular flexibility index (Phi) is 4.44. The van der Waals surface area contributed by atoms with Gasteiger partial charge < -0.3 is 15.4 Å². The van der Waals surface area contributed by atoms with Crippen LogP contribution in [-0.2, 0) is 9.53 Å². The number of anilines is 1. The van der Waals surface area contributed by atoms with E-state index in [-0.39, 0.29) is 11.8 Å². The van der Waals surface area contributed by atoms with Gasteiger partial charge in [-0.3, -0.25) is 4.79 Å². The summed E-state index contributed by atoms with van der Waals surface area (Å²) in [5, 5.41) is 6.61. The second-order valence-corrected chi connectivity index (χ2v) is 6.22. The molecule has 1 amide bonds. The van der Waals surface area contributed by atoms with Crippen LogP contribution in [0.2, 0.25) is 0 Å². The van der Waals surface area contributed by atoms with Crippen LogP contribution in [0.25, 0.3) is 0 Å². The first-order valence-corrected chi connectivity index (χ1v) is 7.95. The largest absolute Gasteiger partial charge is 0.382 e. The van der Waals surface area contributed by atoms with Crippen molar-refractivity contribution in [3.63, 3.8) is 0 Å². The van der Waals surface area contributed by atoms with E-state index in [9.17, 15) is 4.79 Å². The summed E-state index contributed by atoms with van der Waals surface area (Å²) in [6, 6.07) is 8.48. The first kappa shape index (κ1) is 14.4. The van der Waals surface area contributed by atoms with E-state index in [4.69, 9.17) is 4.74 Å². The number of rotatable bonds is 3. The van der Waals surface area contributed by atoms with Crippen LogP contribution in [0.1, 0.15) is 37.7 Å². The maximum absolute atomic E-state index is 12.6. The standard InChI is InChI=1S/C17H24N2O2/c1-12-10-15(14-4-2-3-5-16(14)19-12)17(20)18-11-13-6-8-21-9-7-13/h2-5,12-13,15,19H,6-11H2,1H3,(H,18,20). The summed E-state index contributed by atoms with van der Waals surface area (Å²) in [6.07, 6.45) is 2.97. The van der Waals surface area contributed by atoms with Gasteiger partial charge in [0.1, 0.15) is 0 Å². The van der Waals surface area contributed by atoms with Crippen molar-refractivity contribution in [2.75, 3.05) is 25.1 Å². The Morgan fingerprint density at radius 1 is 1.33 bits per heavy atom. The average molecular weight is 288 g/mol. The van der Waals surface area contributed by atoms with Crippen molar-refractivity contribution in [1.29, 1.82) is 0 Å². The highest BCUT2D eigenvalue weighted by Crippen LogP contribution is 2.34. The molecule has 2 atom stereocenters. The van der Waals surface area contributed by atoms with Crippen molar-refractivity contribution in [1.82, 2.24) is 5.32 Å². The van der Waals surface area contributed by atoms with Crippen LogP contribution in [0.5, 0.6) is 0 Å². The second-order valence-electron chi connectivity index (χ2n) is 6.22. The molecule has 3 rings (SSSR count). The molecule has 2 unspecified atom stereocenters. The molecule has 0 aliphatic carbocycles. The summed E-state index contributed by atoms with van der Waals surface area (Å²) in [5.74, 6) is 0.705. The molecular formula is C17H24N2O2. The van der Waals surface area contributed by atoms with Crippen molar-refractivity contribution in [3.05, 3.63) is 29.8 Å². The number of para-hydroxylation sites is 1. The molecule has 1 aromatic rings. The van der Waals surface area contributed by atoms with Crippen molar-refractivity contribution in [3.8, 4) is 0 Å². The first-order chi connectivity index (χ1) is 10.2. The molecule has 1 fully saturated rings.